The number of nitrogens with zero attached hydrogens (tertiary/aromatic N) is 1. The molecular formula is C25H31N3O6. The van der Waals surface area contributed by atoms with Crippen molar-refractivity contribution in [2.75, 3.05) is 50.2 Å². The van der Waals surface area contributed by atoms with Gasteiger partial charge in [0.2, 0.25) is 11.8 Å². The number of anilines is 2. The van der Waals surface area contributed by atoms with Crippen molar-refractivity contribution in [1.29, 1.82) is 0 Å². The van der Waals surface area contributed by atoms with Gasteiger partial charge in [0.15, 0.2) is 6.61 Å². The zero-order valence-corrected chi connectivity index (χ0v) is 19.5. The molecule has 0 saturated carbocycles. The molecule has 0 bridgehead atoms. The standard InChI is InChI=1S/C25H31N3O6/c1-3-33-21-9-5-19(6-10-21)27-23(29)17-34-22-11-7-20(8-12-22)28-16-18(15-24(28)30)25(31)26-13-4-14-32-2/h5-12,18H,3-4,13-17H2,1-2H3,(H,26,31)(H,27,29)/t18-/m0/s1. The fourth-order valence-electron chi connectivity index (χ4n) is 3.57. The molecular weight excluding hydrogens is 438 g/mol. The quantitative estimate of drug-likeness (QED) is 0.463. The van der Waals surface area contributed by atoms with Crippen LogP contribution in [0.5, 0.6) is 11.5 Å². The summed E-state index contributed by atoms with van der Waals surface area (Å²) in [6.45, 7) is 3.77. The van der Waals surface area contributed by atoms with Crippen molar-refractivity contribution in [1.82, 2.24) is 5.32 Å². The summed E-state index contributed by atoms with van der Waals surface area (Å²) >= 11 is 0. The van der Waals surface area contributed by atoms with Crippen molar-refractivity contribution >= 4 is 29.1 Å². The van der Waals surface area contributed by atoms with Crippen molar-refractivity contribution < 1.29 is 28.6 Å². The van der Waals surface area contributed by atoms with Crippen LogP contribution < -0.4 is 25.0 Å². The Bertz CT molecular complexity index is 962. The third-order valence-corrected chi connectivity index (χ3v) is 5.29. The van der Waals surface area contributed by atoms with Crippen molar-refractivity contribution in [3.63, 3.8) is 0 Å². The molecule has 9 nitrogen and oxygen atoms in total. The first-order valence-corrected chi connectivity index (χ1v) is 11.3. The molecule has 0 spiro atoms. The summed E-state index contributed by atoms with van der Waals surface area (Å²) in [5.41, 5.74) is 1.34. The van der Waals surface area contributed by atoms with E-state index in [0.29, 0.717) is 43.4 Å². The Morgan fingerprint density at radius 1 is 1.03 bits per heavy atom. The zero-order chi connectivity index (χ0) is 24.3. The van der Waals surface area contributed by atoms with Gasteiger partial charge in [-0.1, -0.05) is 0 Å². The first-order valence-electron chi connectivity index (χ1n) is 11.3. The van der Waals surface area contributed by atoms with E-state index in [0.717, 1.165) is 12.2 Å². The van der Waals surface area contributed by atoms with Gasteiger partial charge in [-0.3, -0.25) is 14.4 Å². The SMILES string of the molecule is CCOc1ccc(NC(=O)COc2ccc(N3C[C@@H](C(=O)NCCCOC)CC3=O)cc2)cc1. The molecule has 0 aromatic heterocycles. The number of methoxy groups -OCH3 is 1. The second kappa shape index (κ2) is 12.6. The van der Waals surface area contributed by atoms with E-state index >= 15 is 0 Å². The smallest absolute Gasteiger partial charge is 0.262 e. The van der Waals surface area contributed by atoms with Gasteiger partial charge in [0.05, 0.1) is 12.5 Å². The Hall–Kier alpha value is -3.59. The van der Waals surface area contributed by atoms with Crippen molar-refractivity contribution in [3.8, 4) is 11.5 Å². The van der Waals surface area contributed by atoms with Crippen LogP contribution in [0.15, 0.2) is 48.5 Å². The van der Waals surface area contributed by atoms with E-state index in [2.05, 4.69) is 10.6 Å². The number of carbonyl (C=O) groups is 3. The first-order chi connectivity index (χ1) is 16.5. The molecule has 3 amide bonds. The Labute approximate surface area is 199 Å². The average Bonchev–Trinajstić information content (AvgIpc) is 3.24. The molecule has 0 unspecified atom stereocenters. The highest BCUT2D eigenvalue weighted by Gasteiger charge is 2.34. The molecule has 1 saturated heterocycles. The van der Waals surface area contributed by atoms with Gasteiger partial charge in [-0.25, -0.2) is 0 Å². The number of rotatable bonds is 12. The topological polar surface area (TPSA) is 106 Å². The Balaban J connectivity index is 1.45. The summed E-state index contributed by atoms with van der Waals surface area (Å²) in [6, 6.07) is 14.0. The number of ether oxygens (including phenoxy) is 3. The number of amides is 3. The molecule has 0 aliphatic carbocycles. The van der Waals surface area contributed by atoms with Crippen LogP contribution in [-0.4, -0.2) is 57.7 Å². The van der Waals surface area contributed by atoms with E-state index in [4.69, 9.17) is 14.2 Å². The lowest BCUT2D eigenvalue weighted by Crippen LogP contribution is -2.33. The highest BCUT2D eigenvalue weighted by molar-refractivity contribution is 6.00. The van der Waals surface area contributed by atoms with Crippen LogP contribution in [0.2, 0.25) is 0 Å². The third kappa shape index (κ3) is 7.21. The molecule has 9 heteroatoms. The molecule has 2 aromatic rings. The summed E-state index contributed by atoms with van der Waals surface area (Å²) in [6.07, 6.45) is 0.909. The predicted octanol–water partition coefficient (Wildman–Crippen LogP) is 2.61. The van der Waals surface area contributed by atoms with E-state index in [1.807, 2.05) is 6.92 Å². The van der Waals surface area contributed by atoms with Crippen molar-refractivity contribution in [2.24, 2.45) is 5.92 Å². The maximum atomic E-state index is 12.4. The lowest BCUT2D eigenvalue weighted by Gasteiger charge is -2.17. The zero-order valence-electron chi connectivity index (χ0n) is 19.5. The summed E-state index contributed by atoms with van der Waals surface area (Å²) in [5.74, 6) is 0.359. The van der Waals surface area contributed by atoms with Gasteiger partial charge < -0.3 is 29.7 Å². The Morgan fingerprint density at radius 3 is 2.38 bits per heavy atom. The normalized spacial score (nSPS) is 15.2. The second-order valence-corrected chi connectivity index (χ2v) is 7.83. The maximum Gasteiger partial charge on any atom is 0.262 e. The van der Waals surface area contributed by atoms with Crippen LogP contribution in [0.4, 0.5) is 11.4 Å². The van der Waals surface area contributed by atoms with Crippen molar-refractivity contribution in [2.45, 2.75) is 19.8 Å². The Morgan fingerprint density at radius 2 is 1.71 bits per heavy atom. The molecule has 1 heterocycles. The monoisotopic (exact) mass is 469 g/mol. The predicted molar refractivity (Wildman–Crippen MR) is 128 cm³/mol. The van der Waals surface area contributed by atoms with Gasteiger partial charge in [-0.15, -0.1) is 0 Å². The fraction of sp³-hybridized carbons (Fsp3) is 0.400. The number of carbonyl (C=O) groups excluding carboxylic acids is 3. The number of hydrogen-bond donors (Lipinski definition) is 2. The number of benzene rings is 2. The fourth-order valence-corrected chi connectivity index (χ4v) is 3.57. The van der Waals surface area contributed by atoms with E-state index in [9.17, 15) is 14.4 Å². The van der Waals surface area contributed by atoms with Gasteiger partial charge in [-0.2, -0.15) is 0 Å². The lowest BCUT2D eigenvalue weighted by molar-refractivity contribution is -0.126. The molecule has 3 rings (SSSR count). The first kappa shape index (κ1) is 25.0. The van der Waals surface area contributed by atoms with Gasteiger partial charge in [0.1, 0.15) is 11.5 Å². The highest BCUT2D eigenvalue weighted by atomic mass is 16.5. The summed E-state index contributed by atoms with van der Waals surface area (Å²) in [5, 5.41) is 5.62. The summed E-state index contributed by atoms with van der Waals surface area (Å²) < 4.78 is 15.9. The molecule has 34 heavy (non-hydrogen) atoms. The van der Waals surface area contributed by atoms with Crippen LogP contribution >= 0.6 is 0 Å². The molecule has 1 aliphatic heterocycles. The largest absolute Gasteiger partial charge is 0.494 e. The second-order valence-electron chi connectivity index (χ2n) is 7.83. The molecule has 2 aromatic carbocycles. The van der Waals surface area contributed by atoms with Crippen molar-refractivity contribution in [3.05, 3.63) is 48.5 Å². The minimum Gasteiger partial charge on any atom is -0.494 e. The molecule has 1 aliphatic rings. The number of nitrogens with one attached hydrogen (secondary N) is 2. The van der Waals surface area contributed by atoms with E-state index in [1.165, 1.54) is 0 Å². The molecule has 0 radical (unpaired) electrons. The maximum absolute atomic E-state index is 12.4. The molecule has 2 N–H and O–H groups in total. The van der Waals surface area contributed by atoms with Crippen LogP contribution in [0.25, 0.3) is 0 Å². The van der Waals surface area contributed by atoms with Crippen LogP contribution in [0, 0.1) is 5.92 Å². The average molecular weight is 470 g/mol. The number of hydrogen-bond acceptors (Lipinski definition) is 6. The molecule has 182 valence electrons. The van der Waals surface area contributed by atoms with Gasteiger partial charge >= 0.3 is 0 Å². The summed E-state index contributed by atoms with van der Waals surface area (Å²) in [7, 11) is 1.61. The van der Waals surface area contributed by atoms with Gasteiger partial charge in [-0.05, 0) is 61.9 Å². The highest BCUT2D eigenvalue weighted by Crippen LogP contribution is 2.27. The van der Waals surface area contributed by atoms with Crippen LogP contribution in [-0.2, 0) is 19.1 Å². The minimum absolute atomic E-state index is 0.0968. The molecule has 1 fully saturated rings. The lowest BCUT2D eigenvalue weighted by atomic mass is 10.1. The van der Waals surface area contributed by atoms with Gasteiger partial charge in [0, 0.05) is 44.6 Å². The molecule has 1 atom stereocenters. The van der Waals surface area contributed by atoms with Gasteiger partial charge in [0.25, 0.3) is 5.91 Å². The minimum atomic E-state index is -0.378. The summed E-state index contributed by atoms with van der Waals surface area (Å²) in [4.78, 5) is 38.5. The Kier molecular flexibility index (Phi) is 9.28. The van der Waals surface area contributed by atoms with E-state index in [1.54, 1.807) is 60.5 Å². The van der Waals surface area contributed by atoms with Crippen LogP contribution in [0.3, 0.4) is 0 Å². The van der Waals surface area contributed by atoms with Crippen LogP contribution in [0.1, 0.15) is 19.8 Å². The van der Waals surface area contributed by atoms with E-state index < -0.39 is 0 Å². The van der Waals surface area contributed by atoms with E-state index in [-0.39, 0.29) is 36.7 Å². The third-order valence-electron chi connectivity index (χ3n) is 5.29.